The van der Waals surface area contributed by atoms with E-state index < -0.39 is 0 Å². The molecule has 0 saturated carbocycles. The lowest BCUT2D eigenvalue weighted by Crippen LogP contribution is -2.38. The van der Waals surface area contributed by atoms with Crippen molar-refractivity contribution >= 4 is 16.5 Å². The lowest BCUT2D eigenvalue weighted by Gasteiger charge is -2.31. The molecule has 1 aromatic rings. The SMILES string of the molecule is COC1CCCN(Cc2nnsc2N)C1. The highest BCUT2D eigenvalue weighted by Crippen LogP contribution is 2.18. The Morgan fingerprint density at radius 1 is 1.67 bits per heavy atom. The van der Waals surface area contributed by atoms with E-state index in [-0.39, 0.29) is 0 Å². The Morgan fingerprint density at radius 2 is 2.53 bits per heavy atom. The van der Waals surface area contributed by atoms with E-state index in [0.717, 1.165) is 36.8 Å². The fraction of sp³-hybridized carbons (Fsp3) is 0.778. The van der Waals surface area contributed by atoms with E-state index in [1.54, 1.807) is 7.11 Å². The van der Waals surface area contributed by atoms with Gasteiger partial charge in [0.15, 0.2) is 0 Å². The number of hydrogen-bond donors (Lipinski definition) is 1. The van der Waals surface area contributed by atoms with Gasteiger partial charge in [-0.25, -0.2) is 0 Å². The van der Waals surface area contributed by atoms with E-state index in [2.05, 4.69) is 14.5 Å². The maximum absolute atomic E-state index is 5.76. The number of ether oxygens (including phenoxy) is 1. The number of piperidine rings is 1. The minimum atomic E-state index is 0.353. The lowest BCUT2D eigenvalue weighted by molar-refractivity contribution is 0.0282. The van der Waals surface area contributed by atoms with Crippen molar-refractivity contribution in [1.29, 1.82) is 0 Å². The molecule has 1 fully saturated rings. The molecule has 1 aliphatic rings. The van der Waals surface area contributed by atoms with Crippen molar-refractivity contribution < 1.29 is 4.74 Å². The standard InChI is InChI=1S/C9H16N4OS/c1-14-7-3-2-4-13(5-7)6-8-9(10)15-12-11-8/h7H,2-6,10H2,1H3. The van der Waals surface area contributed by atoms with Gasteiger partial charge in [0.25, 0.3) is 0 Å². The van der Waals surface area contributed by atoms with Gasteiger partial charge < -0.3 is 10.5 Å². The Hall–Kier alpha value is -0.720. The van der Waals surface area contributed by atoms with Crippen molar-refractivity contribution in [3.63, 3.8) is 0 Å². The molecule has 6 heteroatoms. The lowest BCUT2D eigenvalue weighted by atomic mass is 10.1. The average molecular weight is 228 g/mol. The van der Waals surface area contributed by atoms with Crippen LogP contribution in [-0.2, 0) is 11.3 Å². The third kappa shape index (κ3) is 2.64. The Kier molecular flexibility index (Phi) is 3.50. The number of aromatic nitrogens is 2. The molecular formula is C9H16N4OS. The number of nitrogen functional groups attached to an aromatic ring is 1. The van der Waals surface area contributed by atoms with Gasteiger partial charge in [-0.3, -0.25) is 4.90 Å². The summed E-state index contributed by atoms with van der Waals surface area (Å²) in [6, 6.07) is 0. The van der Waals surface area contributed by atoms with Gasteiger partial charge in [-0.1, -0.05) is 4.49 Å². The van der Waals surface area contributed by atoms with Crippen molar-refractivity contribution in [1.82, 2.24) is 14.5 Å². The second-order valence-corrected chi connectivity index (χ2v) is 4.60. The third-order valence-corrected chi connectivity index (χ3v) is 3.35. The van der Waals surface area contributed by atoms with Crippen LogP contribution in [0.3, 0.4) is 0 Å². The topological polar surface area (TPSA) is 64.3 Å². The highest BCUT2D eigenvalue weighted by Gasteiger charge is 2.20. The monoisotopic (exact) mass is 228 g/mol. The predicted octanol–water partition coefficient (Wildman–Crippen LogP) is 0.731. The van der Waals surface area contributed by atoms with Crippen molar-refractivity contribution in [2.75, 3.05) is 25.9 Å². The molecule has 15 heavy (non-hydrogen) atoms. The van der Waals surface area contributed by atoms with Crippen molar-refractivity contribution in [2.45, 2.75) is 25.5 Å². The molecule has 1 saturated heterocycles. The first kappa shape index (κ1) is 10.8. The summed E-state index contributed by atoms with van der Waals surface area (Å²) in [6.45, 7) is 2.85. The summed E-state index contributed by atoms with van der Waals surface area (Å²) in [7, 11) is 1.77. The highest BCUT2D eigenvalue weighted by atomic mass is 32.1. The van der Waals surface area contributed by atoms with Crippen LogP contribution >= 0.6 is 11.5 Å². The predicted molar refractivity (Wildman–Crippen MR) is 59.6 cm³/mol. The molecule has 2 heterocycles. The molecule has 1 aliphatic heterocycles. The second-order valence-electron chi connectivity index (χ2n) is 3.82. The van der Waals surface area contributed by atoms with Crippen molar-refractivity contribution in [2.24, 2.45) is 0 Å². The zero-order chi connectivity index (χ0) is 10.7. The molecule has 2 rings (SSSR count). The van der Waals surface area contributed by atoms with E-state index >= 15 is 0 Å². The Bertz CT molecular complexity index is 317. The maximum Gasteiger partial charge on any atom is 0.132 e. The molecule has 1 atom stereocenters. The Morgan fingerprint density at radius 3 is 3.20 bits per heavy atom. The molecule has 5 nitrogen and oxygen atoms in total. The Labute approximate surface area is 93.4 Å². The highest BCUT2D eigenvalue weighted by molar-refractivity contribution is 7.09. The molecule has 1 aromatic heterocycles. The van der Waals surface area contributed by atoms with Crippen LogP contribution in [0.4, 0.5) is 5.00 Å². The minimum Gasteiger partial charge on any atom is -0.388 e. The first-order chi connectivity index (χ1) is 7.29. The van der Waals surface area contributed by atoms with Crippen LogP contribution in [0.15, 0.2) is 0 Å². The number of hydrogen-bond acceptors (Lipinski definition) is 6. The molecule has 0 amide bonds. The number of anilines is 1. The van der Waals surface area contributed by atoms with Gasteiger partial charge >= 0.3 is 0 Å². The van der Waals surface area contributed by atoms with Crippen LogP contribution in [0, 0.1) is 0 Å². The fourth-order valence-corrected chi connectivity index (χ4v) is 2.32. The van der Waals surface area contributed by atoms with Crippen molar-refractivity contribution in [3.8, 4) is 0 Å². The van der Waals surface area contributed by atoms with Crippen LogP contribution < -0.4 is 5.73 Å². The largest absolute Gasteiger partial charge is 0.388 e. The van der Waals surface area contributed by atoms with Gasteiger partial charge in [-0.05, 0) is 19.4 Å². The van der Waals surface area contributed by atoms with E-state index in [1.807, 2.05) is 0 Å². The molecule has 0 aromatic carbocycles. The van der Waals surface area contributed by atoms with Gasteiger partial charge in [0.05, 0.1) is 6.10 Å². The number of nitrogens with zero attached hydrogens (tertiary/aromatic N) is 3. The molecular weight excluding hydrogens is 212 g/mol. The average Bonchev–Trinajstić information content (AvgIpc) is 2.65. The molecule has 0 bridgehead atoms. The summed E-state index contributed by atoms with van der Waals surface area (Å²) in [5, 5.41) is 4.75. The van der Waals surface area contributed by atoms with Crippen LogP contribution in [0.1, 0.15) is 18.5 Å². The number of likely N-dealkylation sites (tertiary alicyclic amines) is 1. The van der Waals surface area contributed by atoms with E-state index in [9.17, 15) is 0 Å². The second kappa shape index (κ2) is 4.87. The molecule has 1 unspecified atom stereocenters. The van der Waals surface area contributed by atoms with E-state index in [4.69, 9.17) is 10.5 Å². The number of methoxy groups -OCH3 is 1. The molecule has 84 valence electrons. The van der Waals surface area contributed by atoms with Gasteiger partial charge in [0.1, 0.15) is 10.7 Å². The van der Waals surface area contributed by atoms with E-state index in [0.29, 0.717) is 6.10 Å². The fourth-order valence-electron chi connectivity index (χ4n) is 1.89. The molecule has 0 radical (unpaired) electrons. The van der Waals surface area contributed by atoms with Crippen molar-refractivity contribution in [3.05, 3.63) is 5.69 Å². The molecule has 0 spiro atoms. The van der Waals surface area contributed by atoms with Crippen LogP contribution in [0.25, 0.3) is 0 Å². The van der Waals surface area contributed by atoms with Gasteiger partial charge in [0, 0.05) is 31.7 Å². The van der Waals surface area contributed by atoms with E-state index in [1.165, 1.54) is 18.0 Å². The third-order valence-electron chi connectivity index (χ3n) is 2.75. The Balaban J connectivity index is 1.92. The molecule has 2 N–H and O–H groups in total. The molecule has 0 aliphatic carbocycles. The quantitative estimate of drug-likeness (QED) is 0.826. The summed E-state index contributed by atoms with van der Waals surface area (Å²) >= 11 is 1.26. The number of rotatable bonds is 3. The summed E-state index contributed by atoms with van der Waals surface area (Å²) in [6.07, 6.45) is 2.68. The first-order valence-corrected chi connectivity index (χ1v) is 5.89. The zero-order valence-electron chi connectivity index (χ0n) is 8.85. The summed E-state index contributed by atoms with van der Waals surface area (Å²) < 4.78 is 9.20. The van der Waals surface area contributed by atoms with Gasteiger partial charge in [-0.15, -0.1) is 5.10 Å². The summed E-state index contributed by atoms with van der Waals surface area (Å²) in [5.74, 6) is 0. The summed E-state index contributed by atoms with van der Waals surface area (Å²) in [5.41, 5.74) is 6.66. The smallest absolute Gasteiger partial charge is 0.132 e. The maximum atomic E-state index is 5.76. The zero-order valence-corrected chi connectivity index (χ0v) is 9.66. The van der Waals surface area contributed by atoms with Crippen LogP contribution in [-0.4, -0.2) is 40.8 Å². The van der Waals surface area contributed by atoms with Gasteiger partial charge in [0.2, 0.25) is 0 Å². The normalized spacial score (nSPS) is 23.1. The van der Waals surface area contributed by atoms with Crippen LogP contribution in [0.2, 0.25) is 0 Å². The first-order valence-electron chi connectivity index (χ1n) is 5.11. The van der Waals surface area contributed by atoms with Crippen LogP contribution in [0.5, 0.6) is 0 Å². The minimum absolute atomic E-state index is 0.353. The van der Waals surface area contributed by atoms with Gasteiger partial charge in [-0.2, -0.15) is 0 Å². The summed E-state index contributed by atoms with van der Waals surface area (Å²) in [4.78, 5) is 2.32. The number of nitrogens with two attached hydrogens (primary N) is 1.